The Morgan fingerprint density at radius 2 is 2.33 bits per heavy atom. The summed E-state index contributed by atoms with van der Waals surface area (Å²) >= 11 is 0. The van der Waals surface area contributed by atoms with Gasteiger partial charge in [0.15, 0.2) is 0 Å². The lowest BCUT2D eigenvalue weighted by atomic mass is 9.95. The molecule has 0 saturated carbocycles. The Labute approximate surface area is 91.3 Å². The number of hydrogen-bond donors (Lipinski definition) is 1. The lowest BCUT2D eigenvalue weighted by molar-refractivity contribution is 0.478. The molecule has 1 aromatic rings. The normalized spacial score (nSPS) is 24.6. The van der Waals surface area contributed by atoms with Gasteiger partial charge in [-0.3, -0.25) is 0 Å². The van der Waals surface area contributed by atoms with Crippen LogP contribution in [0.4, 0.5) is 5.69 Å². The van der Waals surface area contributed by atoms with Gasteiger partial charge in [-0.05, 0) is 43.5 Å². The largest absolute Gasteiger partial charge is 0.368 e. The summed E-state index contributed by atoms with van der Waals surface area (Å²) in [7, 11) is 0. The second kappa shape index (κ2) is 3.53. The molecule has 0 aromatic heterocycles. The molecule has 3 rings (SSSR count). The van der Waals surface area contributed by atoms with Gasteiger partial charge in [0, 0.05) is 24.8 Å². The molecule has 15 heavy (non-hydrogen) atoms. The average molecular weight is 202 g/mol. The van der Waals surface area contributed by atoms with E-state index in [-0.39, 0.29) is 0 Å². The van der Waals surface area contributed by atoms with Crippen molar-refractivity contribution in [1.29, 1.82) is 0 Å². The Bertz CT molecular complexity index is 373. The molecule has 0 bridgehead atoms. The fourth-order valence-electron chi connectivity index (χ4n) is 2.66. The van der Waals surface area contributed by atoms with Crippen LogP contribution < -0.4 is 10.2 Å². The smallest absolute Gasteiger partial charge is 0.0404 e. The van der Waals surface area contributed by atoms with Crippen LogP contribution in [0.3, 0.4) is 0 Å². The maximum absolute atomic E-state index is 3.44. The number of nitrogens with one attached hydrogen (secondary N) is 1. The summed E-state index contributed by atoms with van der Waals surface area (Å²) in [5.41, 5.74) is 4.58. The summed E-state index contributed by atoms with van der Waals surface area (Å²) in [5.74, 6) is 0. The molecule has 1 aromatic carbocycles. The molecule has 1 unspecified atom stereocenters. The van der Waals surface area contributed by atoms with Crippen molar-refractivity contribution in [3.05, 3.63) is 29.3 Å². The zero-order chi connectivity index (χ0) is 10.3. The molecule has 0 spiro atoms. The van der Waals surface area contributed by atoms with E-state index in [1.54, 1.807) is 5.56 Å². The first-order valence-corrected chi connectivity index (χ1v) is 5.94. The van der Waals surface area contributed by atoms with Crippen molar-refractivity contribution in [2.24, 2.45) is 0 Å². The molecule has 2 heterocycles. The number of benzene rings is 1. The van der Waals surface area contributed by atoms with Crippen LogP contribution in [0.15, 0.2) is 18.2 Å². The number of anilines is 1. The number of fused-ring (bicyclic) bond motifs is 1. The Morgan fingerprint density at radius 3 is 3.07 bits per heavy atom. The van der Waals surface area contributed by atoms with Crippen molar-refractivity contribution in [3.63, 3.8) is 0 Å². The first kappa shape index (κ1) is 9.22. The number of hydrogen-bond acceptors (Lipinski definition) is 2. The van der Waals surface area contributed by atoms with Gasteiger partial charge in [-0.2, -0.15) is 0 Å². The van der Waals surface area contributed by atoms with Crippen LogP contribution in [-0.4, -0.2) is 19.1 Å². The molecule has 2 heteroatoms. The van der Waals surface area contributed by atoms with Crippen LogP contribution in [0.25, 0.3) is 0 Å². The molecular weight excluding hydrogens is 184 g/mol. The predicted molar refractivity (Wildman–Crippen MR) is 63.3 cm³/mol. The van der Waals surface area contributed by atoms with E-state index in [4.69, 9.17) is 0 Å². The SMILES string of the molecule is CC1CCN1c1cccc2c1CCNC2. The molecule has 0 aliphatic carbocycles. The zero-order valence-corrected chi connectivity index (χ0v) is 9.29. The van der Waals surface area contributed by atoms with Crippen LogP contribution in [0.5, 0.6) is 0 Å². The van der Waals surface area contributed by atoms with Crippen LogP contribution >= 0.6 is 0 Å². The average Bonchev–Trinajstić information content (AvgIpc) is 2.28. The van der Waals surface area contributed by atoms with E-state index < -0.39 is 0 Å². The van der Waals surface area contributed by atoms with E-state index >= 15 is 0 Å². The Hall–Kier alpha value is -1.02. The van der Waals surface area contributed by atoms with Gasteiger partial charge in [0.05, 0.1) is 0 Å². The second-order valence-corrected chi connectivity index (χ2v) is 4.67. The van der Waals surface area contributed by atoms with E-state index in [2.05, 4.69) is 35.3 Å². The fourth-order valence-corrected chi connectivity index (χ4v) is 2.66. The van der Waals surface area contributed by atoms with Gasteiger partial charge in [-0.25, -0.2) is 0 Å². The fraction of sp³-hybridized carbons (Fsp3) is 0.538. The molecule has 1 saturated heterocycles. The molecule has 2 aliphatic heterocycles. The topological polar surface area (TPSA) is 15.3 Å². The maximum Gasteiger partial charge on any atom is 0.0404 e. The predicted octanol–water partition coefficient (Wildman–Crippen LogP) is 1.93. The maximum atomic E-state index is 3.44. The van der Waals surface area contributed by atoms with Gasteiger partial charge < -0.3 is 10.2 Å². The molecule has 0 amide bonds. The van der Waals surface area contributed by atoms with Crippen molar-refractivity contribution >= 4 is 5.69 Å². The summed E-state index contributed by atoms with van der Waals surface area (Å²) < 4.78 is 0. The molecule has 1 atom stereocenters. The standard InChI is InChI=1S/C13H18N2/c1-10-6-8-15(10)13-4-2-3-11-9-14-7-5-12(11)13/h2-4,10,14H,5-9H2,1H3. The zero-order valence-electron chi connectivity index (χ0n) is 9.29. The van der Waals surface area contributed by atoms with Crippen LogP contribution in [-0.2, 0) is 13.0 Å². The Balaban J connectivity index is 2.00. The quantitative estimate of drug-likeness (QED) is 0.748. The molecule has 0 radical (unpaired) electrons. The third kappa shape index (κ3) is 1.44. The summed E-state index contributed by atoms with van der Waals surface area (Å²) in [6, 6.07) is 7.49. The van der Waals surface area contributed by atoms with E-state index in [1.807, 2.05) is 0 Å². The molecule has 2 aliphatic rings. The highest BCUT2D eigenvalue weighted by Crippen LogP contribution is 2.32. The highest BCUT2D eigenvalue weighted by atomic mass is 15.2. The van der Waals surface area contributed by atoms with Crippen molar-refractivity contribution in [2.45, 2.75) is 32.4 Å². The van der Waals surface area contributed by atoms with Gasteiger partial charge in [0.2, 0.25) is 0 Å². The minimum atomic E-state index is 0.742. The molecular formula is C13H18N2. The summed E-state index contributed by atoms with van der Waals surface area (Å²) in [4.78, 5) is 2.55. The van der Waals surface area contributed by atoms with E-state index in [0.717, 1.165) is 19.1 Å². The highest BCUT2D eigenvalue weighted by Gasteiger charge is 2.26. The third-order valence-electron chi connectivity index (χ3n) is 3.74. The molecule has 2 nitrogen and oxygen atoms in total. The molecule has 1 N–H and O–H groups in total. The summed E-state index contributed by atoms with van der Waals surface area (Å²) in [6.07, 6.45) is 2.54. The van der Waals surface area contributed by atoms with Crippen LogP contribution in [0.2, 0.25) is 0 Å². The number of nitrogens with zero attached hydrogens (tertiary/aromatic N) is 1. The first-order chi connectivity index (χ1) is 7.36. The van der Waals surface area contributed by atoms with Crippen molar-refractivity contribution in [1.82, 2.24) is 5.32 Å². The van der Waals surface area contributed by atoms with E-state index in [1.165, 1.54) is 30.6 Å². The van der Waals surface area contributed by atoms with Crippen LogP contribution in [0.1, 0.15) is 24.5 Å². The van der Waals surface area contributed by atoms with Gasteiger partial charge in [-0.1, -0.05) is 12.1 Å². The Morgan fingerprint density at radius 1 is 1.40 bits per heavy atom. The van der Waals surface area contributed by atoms with Crippen LogP contribution in [0, 0.1) is 0 Å². The lowest BCUT2D eigenvalue weighted by Gasteiger charge is -2.42. The molecule has 80 valence electrons. The third-order valence-corrected chi connectivity index (χ3v) is 3.74. The minimum Gasteiger partial charge on any atom is -0.368 e. The van der Waals surface area contributed by atoms with Gasteiger partial charge in [-0.15, -0.1) is 0 Å². The minimum absolute atomic E-state index is 0.742. The highest BCUT2D eigenvalue weighted by molar-refractivity contribution is 5.59. The summed E-state index contributed by atoms with van der Waals surface area (Å²) in [5, 5.41) is 3.44. The lowest BCUT2D eigenvalue weighted by Crippen LogP contribution is -2.46. The van der Waals surface area contributed by atoms with Crippen molar-refractivity contribution in [2.75, 3.05) is 18.0 Å². The molecule has 1 fully saturated rings. The van der Waals surface area contributed by atoms with Crippen molar-refractivity contribution in [3.8, 4) is 0 Å². The Kier molecular flexibility index (Phi) is 2.17. The van der Waals surface area contributed by atoms with Gasteiger partial charge in [0.25, 0.3) is 0 Å². The van der Waals surface area contributed by atoms with E-state index in [9.17, 15) is 0 Å². The van der Waals surface area contributed by atoms with Gasteiger partial charge >= 0.3 is 0 Å². The second-order valence-electron chi connectivity index (χ2n) is 4.67. The van der Waals surface area contributed by atoms with E-state index in [0.29, 0.717) is 0 Å². The monoisotopic (exact) mass is 202 g/mol. The number of rotatable bonds is 1. The van der Waals surface area contributed by atoms with Crippen molar-refractivity contribution < 1.29 is 0 Å². The first-order valence-electron chi connectivity index (χ1n) is 5.94. The van der Waals surface area contributed by atoms with Gasteiger partial charge in [0.1, 0.15) is 0 Å². The summed E-state index contributed by atoms with van der Waals surface area (Å²) in [6.45, 7) is 5.74.